The van der Waals surface area contributed by atoms with Gasteiger partial charge in [-0.2, -0.15) is 0 Å². The van der Waals surface area contributed by atoms with Gasteiger partial charge >= 0.3 is 0 Å². The first-order valence-corrected chi connectivity index (χ1v) is 11.7. The zero-order chi connectivity index (χ0) is 21.6. The number of benzene rings is 2. The van der Waals surface area contributed by atoms with E-state index in [0.29, 0.717) is 12.1 Å². The minimum atomic E-state index is -3.59. The molecule has 30 heavy (non-hydrogen) atoms. The van der Waals surface area contributed by atoms with E-state index in [-0.39, 0.29) is 29.5 Å². The molecule has 2 aromatic carbocycles. The van der Waals surface area contributed by atoms with Crippen molar-refractivity contribution in [3.05, 3.63) is 48.0 Å². The van der Waals surface area contributed by atoms with Crippen LogP contribution in [0.15, 0.2) is 42.5 Å². The van der Waals surface area contributed by atoms with E-state index in [0.717, 1.165) is 35.3 Å². The second kappa shape index (κ2) is 7.52. The molecular weight excluding hydrogens is 402 g/mol. The standard InChI is InChI=1S/C22H25N3O4S/c1-14-12-24(22(27)18-7-8-18)21-11-19(9-10-20(21)25(14)15(2)26)17-5-3-16(4-6-17)13-30(23,28)29/h3-6,9-11,14,18H,7-8,12-13H2,1-2H3,(H2,23,28,29)/t14-/m0/s1. The fourth-order valence-corrected chi connectivity index (χ4v) is 4.73. The van der Waals surface area contributed by atoms with Gasteiger partial charge in [0.2, 0.25) is 21.8 Å². The Balaban J connectivity index is 1.73. The van der Waals surface area contributed by atoms with Crippen LogP contribution in [0.5, 0.6) is 0 Å². The van der Waals surface area contributed by atoms with Crippen molar-refractivity contribution in [2.75, 3.05) is 16.3 Å². The zero-order valence-electron chi connectivity index (χ0n) is 17.0. The highest BCUT2D eigenvalue weighted by Gasteiger charge is 2.39. The predicted octanol–water partition coefficient (Wildman–Crippen LogP) is 2.64. The fourth-order valence-electron chi connectivity index (χ4n) is 4.07. The quantitative estimate of drug-likeness (QED) is 0.810. The third kappa shape index (κ3) is 4.11. The van der Waals surface area contributed by atoms with E-state index < -0.39 is 10.0 Å². The van der Waals surface area contributed by atoms with Gasteiger partial charge in [0, 0.05) is 19.4 Å². The van der Waals surface area contributed by atoms with Crippen LogP contribution in [0.25, 0.3) is 11.1 Å². The molecule has 8 heteroatoms. The molecule has 0 spiro atoms. The van der Waals surface area contributed by atoms with Gasteiger partial charge in [-0.25, -0.2) is 13.6 Å². The van der Waals surface area contributed by atoms with E-state index in [9.17, 15) is 18.0 Å². The number of amides is 2. The first-order valence-electron chi connectivity index (χ1n) is 9.99. The van der Waals surface area contributed by atoms with Gasteiger partial charge in [0.1, 0.15) is 0 Å². The number of anilines is 2. The number of carbonyl (C=O) groups is 2. The van der Waals surface area contributed by atoms with E-state index >= 15 is 0 Å². The van der Waals surface area contributed by atoms with Crippen LogP contribution in [0.2, 0.25) is 0 Å². The van der Waals surface area contributed by atoms with Crippen molar-refractivity contribution < 1.29 is 18.0 Å². The molecule has 2 aromatic rings. The number of nitrogens with two attached hydrogens (primary N) is 1. The van der Waals surface area contributed by atoms with Crippen molar-refractivity contribution in [3.63, 3.8) is 0 Å². The summed E-state index contributed by atoms with van der Waals surface area (Å²) in [6.45, 7) is 3.96. The van der Waals surface area contributed by atoms with Crippen molar-refractivity contribution >= 4 is 33.2 Å². The Morgan fingerprint density at radius 1 is 1.03 bits per heavy atom. The Kier molecular flexibility index (Phi) is 5.15. The molecule has 1 heterocycles. The van der Waals surface area contributed by atoms with Gasteiger partial charge in [0.05, 0.1) is 23.2 Å². The Morgan fingerprint density at radius 2 is 1.67 bits per heavy atom. The van der Waals surface area contributed by atoms with Crippen LogP contribution in [-0.4, -0.2) is 32.8 Å². The molecule has 1 aliphatic heterocycles. The molecule has 0 aromatic heterocycles. The largest absolute Gasteiger partial charge is 0.308 e. The SMILES string of the molecule is CC(=O)N1c2ccc(-c3ccc(CS(N)(=O)=O)cc3)cc2N(C(=O)C2CC2)C[C@@H]1C. The van der Waals surface area contributed by atoms with Crippen LogP contribution in [-0.2, 0) is 25.4 Å². The van der Waals surface area contributed by atoms with Gasteiger partial charge < -0.3 is 9.80 Å². The zero-order valence-corrected chi connectivity index (χ0v) is 17.9. The smallest absolute Gasteiger partial charge is 0.230 e. The molecular formula is C22H25N3O4S. The molecule has 1 atom stereocenters. The molecule has 1 saturated carbocycles. The Morgan fingerprint density at radius 3 is 2.23 bits per heavy atom. The number of fused-ring (bicyclic) bond motifs is 1. The number of primary sulfonamides is 1. The molecule has 0 saturated heterocycles. The van der Waals surface area contributed by atoms with Crippen molar-refractivity contribution in [1.29, 1.82) is 0 Å². The summed E-state index contributed by atoms with van der Waals surface area (Å²) in [4.78, 5) is 28.7. The highest BCUT2D eigenvalue weighted by atomic mass is 32.2. The second-order valence-electron chi connectivity index (χ2n) is 8.17. The lowest BCUT2D eigenvalue weighted by Gasteiger charge is -2.41. The predicted molar refractivity (Wildman–Crippen MR) is 116 cm³/mol. The van der Waals surface area contributed by atoms with Crippen LogP contribution in [0.1, 0.15) is 32.3 Å². The van der Waals surface area contributed by atoms with E-state index in [1.54, 1.807) is 17.0 Å². The molecule has 1 aliphatic carbocycles. The lowest BCUT2D eigenvalue weighted by Crippen LogP contribution is -2.51. The van der Waals surface area contributed by atoms with Gasteiger partial charge in [-0.15, -0.1) is 0 Å². The molecule has 2 aliphatic rings. The van der Waals surface area contributed by atoms with Crippen LogP contribution in [0.3, 0.4) is 0 Å². The molecule has 7 nitrogen and oxygen atoms in total. The number of carbonyl (C=O) groups excluding carboxylic acids is 2. The van der Waals surface area contributed by atoms with E-state index in [1.807, 2.05) is 42.2 Å². The summed E-state index contributed by atoms with van der Waals surface area (Å²) in [5.74, 6) is -0.0727. The second-order valence-corrected chi connectivity index (χ2v) is 9.78. The first-order chi connectivity index (χ1) is 14.1. The van der Waals surface area contributed by atoms with Gasteiger partial charge in [0.15, 0.2) is 0 Å². The highest BCUT2D eigenvalue weighted by molar-refractivity contribution is 7.88. The third-order valence-electron chi connectivity index (χ3n) is 5.60. The van der Waals surface area contributed by atoms with Crippen LogP contribution < -0.4 is 14.9 Å². The molecule has 158 valence electrons. The molecule has 0 bridgehead atoms. The van der Waals surface area contributed by atoms with E-state index in [1.165, 1.54) is 6.92 Å². The minimum absolute atomic E-state index is 0.0534. The summed E-state index contributed by atoms with van der Waals surface area (Å²) in [5.41, 5.74) is 3.88. The van der Waals surface area contributed by atoms with Gasteiger partial charge in [-0.1, -0.05) is 30.3 Å². The molecule has 0 radical (unpaired) electrons. The summed E-state index contributed by atoms with van der Waals surface area (Å²) in [5, 5.41) is 5.12. The summed E-state index contributed by atoms with van der Waals surface area (Å²) >= 11 is 0. The summed E-state index contributed by atoms with van der Waals surface area (Å²) in [7, 11) is -3.59. The van der Waals surface area contributed by atoms with Gasteiger partial charge in [0.25, 0.3) is 0 Å². The average Bonchev–Trinajstić information content (AvgIpc) is 3.51. The number of hydrogen-bond donors (Lipinski definition) is 1. The molecule has 0 unspecified atom stereocenters. The molecule has 4 rings (SSSR count). The lowest BCUT2D eigenvalue weighted by atomic mass is 9.99. The van der Waals surface area contributed by atoms with Crippen LogP contribution >= 0.6 is 0 Å². The Bertz CT molecular complexity index is 1110. The maximum Gasteiger partial charge on any atom is 0.230 e. The number of nitrogens with zero attached hydrogens (tertiary/aromatic N) is 2. The van der Waals surface area contributed by atoms with Gasteiger partial charge in [-0.3, -0.25) is 9.59 Å². The van der Waals surface area contributed by atoms with Crippen LogP contribution in [0.4, 0.5) is 11.4 Å². The Hall–Kier alpha value is -2.71. The number of rotatable bonds is 4. The first kappa shape index (κ1) is 20.6. The van der Waals surface area contributed by atoms with Crippen molar-refractivity contribution in [2.45, 2.75) is 38.5 Å². The van der Waals surface area contributed by atoms with E-state index in [2.05, 4.69) is 0 Å². The maximum absolute atomic E-state index is 12.9. The molecule has 1 fully saturated rings. The van der Waals surface area contributed by atoms with Crippen molar-refractivity contribution in [1.82, 2.24) is 0 Å². The maximum atomic E-state index is 12.9. The fraction of sp³-hybridized carbons (Fsp3) is 0.364. The van der Waals surface area contributed by atoms with Crippen LogP contribution in [0, 0.1) is 5.92 Å². The lowest BCUT2D eigenvalue weighted by molar-refractivity contribution is -0.120. The average molecular weight is 428 g/mol. The molecule has 2 amide bonds. The molecule has 2 N–H and O–H groups in total. The van der Waals surface area contributed by atoms with Gasteiger partial charge in [-0.05, 0) is 48.6 Å². The number of sulfonamides is 1. The monoisotopic (exact) mass is 427 g/mol. The van der Waals surface area contributed by atoms with E-state index in [4.69, 9.17) is 5.14 Å². The number of hydrogen-bond acceptors (Lipinski definition) is 4. The highest BCUT2D eigenvalue weighted by Crippen LogP contribution is 2.42. The minimum Gasteiger partial charge on any atom is -0.308 e. The van der Waals surface area contributed by atoms with Crippen molar-refractivity contribution in [3.8, 4) is 11.1 Å². The topological polar surface area (TPSA) is 101 Å². The summed E-state index contributed by atoms with van der Waals surface area (Å²) in [6, 6.07) is 12.8. The third-order valence-corrected chi connectivity index (χ3v) is 6.34. The normalized spacial score (nSPS) is 18.8. The summed E-state index contributed by atoms with van der Waals surface area (Å²) < 4.78 is 22.6. The van der Waals surface area contributed by atoms with Crippen molar-refractivity contribution in [2.24, 2.45) is 11.1 Å². The summed E-state index contributed by atoms with van der Waals surface area (Å²) in [6.07, 6.45) is 1.83. The Labute approximate surface area is 176 Å².